The van der Waals surface area contributed by atoms with Gasteiger partial charge in [0.05, 0.1) is 12.1 Å². The zero-order valence-corrected chi connectivity index (χ0v) is 31.7. The molecule has 3 aliphatic rings. The second-order valence-electron chi connectivity index (χ2n) is 15.2. The maximum atomic E-state index is 14.8. The molecule has 0 aromatic rings. The molecule has 6 amide bonds. The minimum absolute atomic E-state index is 0.00934. The van der Waals surface area contributed by atoms with Crippen LogP contribution in [-0.4, -0.2) is 90.9 Å². The number of hydrogen-bond donors (Lipinski definition) is 5. The minimum Gasteiger partial charge on any atom is -0.447 e. The van der Waals surface area contributed by atoms with Gasteiger partial charge in [-0.15, -0.1) is 18.9 Å². The molecule has 3 fully saturated rings. The van der Waals surface area contributed by atoms with Crippen LogP contribution in [0.1, 0.15) is 111 Å². The van der Waals surface area contributed by atoms with Crippen LogP contribution in [0.15, 0.2) is 12.7 Å². The molecule has 0 spiro atoms. The van der Waals surface area contributed by atoms with E-state index in [1.165, 1.54) is 6.08 Å². The number of terminal acetylenes is 1. The van der Waals surface area contributed by atoms with Gasteiger partial charge in [0.15, 0.2) is 0 Å². The normalized spacial score (nSPS) is 21.8. The second-order valence-corrected chi connectivity index (χ2v) is 15.2. The molecule has 0 radical (unpaired) electrons. The lowest BCUT2D eigenvalue weighted by molar-refractivity contribution is -0.145. The summed E-state index contributed by atoms with van der Waals surface area (Å²) in [5.41, 5.74) is -0.573. The highest BCUT2D eigenvalue weighted by atomic mass is 16.5. The van der Waals surface area contributed by atoms with Crippen molar-refractivity contribution < 1.29 is 33.5 Å². The number of amides is 6. The Kier molecular flexibility index (Phi) is 17.0. The summed E-state index contributed by atoms with van der Waals surface area (Å²) in [6.45, 7) is 12.2. The first-order valence-electron chi connectivity index (χ1n) is 19.3. The summed E-state index contributed by atoms with van der Waals surface area (Å²) < 4.78 is 5.47. The maximum absolute atomic E-state index is 14.8. The van der Waals surface area contributed by atoms with Gasteiger partial charge in [-0.25, -0.2) is 9.59 Å². The Morgan fingerprint density at radius 1 is 0.962 bits per heavy atom. The molecule has 3 rings (SSSR count). The molecular weight excluding hydrogens is 664 g/mol. The fourth-order valence-electron chi connectivity index (χ4n) is 8.14. The van der Waals surface area contributed by atoms with Crippen molar-refractivity contribution in [3.8, 4) is 12.3 Å². The monoisotopic (exact) mass is 726 g/mol. The van der Waals surface area contributed by atoms with E-state index in [0.29, 0.717) is 19.5 Å². The van der Waals surface area contributed by atoms with Crippen molar-refractivity contribution in [1.29, 1.82) is 0 Å². The number of ether oxygens (including phenoxy) is 1. The SMILES string of the molecule is C#CCCC(NC(=O)[C@@H]1C(C(C)C)CCN1C(=O)[C@@H](NC(=O)N[C@H](COC(=O)NCC)C1CCCCC1)C1(C)CCCCC1)C(=O)C(=O)NCC=C. The Morgan fingerprint density at radius 3 is 2.25 bits per heavy atom. The van der Waals surface area contributed by atoms with E-state index in [4.69, 9.17) is 11.2 Å². The molecule has 2 aliphatic carbocycles. The van der Waals surface area contributed by atoms with E-state index >= 15 is 0 Å². The van der Waals surface area contributed by atoms with Crippen LogP contribution in [0.3, 0.4) is 0 Å². The van der Waals surface area contributed by atoms with Crippen LogP contribution in [0.25, 0.3) is 0 Å². The number of Topliss-reactive ketones (excluding diaryl/α,β-unsaturated/α-hetero) is 1. The van der Waals surface area contributed by atoms with E-state index in [2.05, 4.69) is 39.1 Å². The molecule has 5 N–H and O–H groups in total. The quantitative estimate of drug-likeness (QED) is 0.0857. The summed E-state index contributed by atoms with van der Waals surface area (Å²) in [5, 5.41) is 14.0. The van der Waals surface area contributed by atoms with Crippen LogP contribution >= 0.6 is 0 Å². The van der Waals surface area contributed by atoms with Crippen LogP contribution in [0, 0.1) is 35.5 Å². The van der Waals surface area contributed by atoms with Gasteiger partial charge in [0.25, 0.3) is 5.91 Å². The van der Waals surface area contributed by atoms with Gasteiger partial charge < -0.3 is 36.2 Å². The van der Waals surface area contributed by atoms with Gasteiger partial charge in [-0.2, -0.15) is 0 Å². The summed E-state index contributed by atoms with van der Waals surface area (Å²) in [6.07, 6.45) is 16.4. The molecule has 1 heterocycles. The van der Waals surface area contributed by atoms with Gasteiger partial charge >= 0.3 is 12.1 Å². The highest BCUT2D eigenvalue weighted by Gasteiger charge is 2.50. The van der Waals surface area contributed by atoms with E-state index in [-0.39, 0.29) is 49.7 Å². The van der Waals surface area contributed by atoms with Crippen LogP contribution in [0.4, 0.5) is 9.59 Å². The summed E-state index contributed by atoms with van der Waals surface area (Å²) in [7, 11) is 0. The fraction of sp³-hybridized carbons (Fsp3) is 0.744. The van der Waals surface area contributed by atoms with Gasteiger partial charge in [-0.1, -0.05) is 65.4 Å². The molecule has 0 bridgehead atoms. The van der Waals surface area contributed by atoms with Crippen molar-refractivity contribution in [2.45, 2.75) is 135 Å². The van der Waals surface area contributed by atoms with Crippen LogP contribution in [0.2, 0.25) is 0 Å². The molecule has 1 saturated heterocycles. The zero-order chi connectivity index (χ0) is 38.3. The van der Waals surface area contributed by atoms with Gasteiger partial charge in [0, 0.05) is 26.1 Å². The molecule has 52 heavy (non-hydrogen) atoms. The van der Waals surface area contributed by atoms with Gasteiger partial charge in [-0.05, 0) is 68.6 Å². The smallest absolute Gasteiger partial charge is 0.407 e. The first kappa shape index (κ1) is 42.3. The average molecular weight is 727 g/mol. The Morgan fingerprint density at radius 2 is 1.63 bits per heavy atom. The number of alkyl carbamates (subject to hydrolysis) is 1. The number of urea groups is 1. The number of rotatable bonds is 17. The Bertz CT molecular complexity index is 1300. The van der Waals surface area contributed by atoms with E-state index in [1.807, 2.05) is 20.8 Å². The lowest BCUT2D eigenvalue weighted by Crippen LogP contribution is -2.63. The molecule has 5 atom stereocenters. The molecule has 0 aromatic heterocycles. The van der Waals surface area contributed by atoms with Crippen molar-refractivity contribution in [2.75, 3.05) is 26.2 Å². The summed E-state index contributed by atoms with van der Waals surface area (Å²) >= 11 is 0. The lowest BCUT2D eigenvalue weighted by Gasteiger charge is -2.43. The number of nitrogens with one attached hydrogen (secondary N) is 5. The number of nitrogens with zero attached hydrogens (tertiary/aromatic N) is 1. The maximum Gasteiger partial charge on any atom is 0.407 e. The topological polar surface area (TPSA) is 175 Å². The van der Waals surface area contributed by atoms with Crippen molar-refractivity contribution >= 4 is 35.6 Å². The third-order valence-electron chi connectivity index (χ3n) is 11.2. The largest absolute Gasteiger partial charge is 0.447 e. The van der Waals surface area contributed by atoms with Crippen molar-refractivity contribution in [3.05, 3.63) is 12.7 Å². The predicted octanol–water partition coefficient (Wildman–Crippen LogP) is 3.96. The summed E-state index contributed by atoms with van der Waals surface area (Å²) in [4.78, 5) is 82.4. The van der Waals surface area contributed by atoms with Crippen LogP contribution in [0.5, 0.6) is 0 Å². The molecule has 13 nitrogen and oxygen atoms in total. The number of likely N-dealkylation sites (tertiary alicyclic amines) is 1. The fourth-order valence-corrected chi connectivity index (χ4v) is 8.14. The highest BCUT2D eigenvalue weighted by Crippen LogP contribution is 2.41. The number of carbonyl (C=O) groups is 6. The third kappa shape index (κ3) is 11.7. The average Bonchev–Trinajstić information content (AvgIpc) is 3.59. The van der Waals surface area contributed by atoms with Crippen molar-refractivity contribution in [2.24, 2.45) is 23.2 Å². The molecule has 2 unspecified atom stereocenters. The standard InChI is InChI=1S/C39H62N6O7/c1-7-10-19-29(32(46)35(48)41-23-8-2)42-34(47)31-28(26(4)5)20-24-45(31)36(49)33(39(6)21-15-12-16-22-39)44-37(50)43-30(25-52-38(51)40-9-3)27-17-13-11-14-18-27/h1,8,26-31,33H,2,9-25H2,3-6H3,(H,40,51)(H,41,48)(H,42,47)(H2,43,44,50)/t28?,29?,30-,31+,33-/m1/s1. The van der Waals surface area contributed by atoms with Gasteiger partial charge in [-0.3, -0.25) is 19.2 Å². The number of carbonyl (C=O) groups excluding carboxylic acids is 6. The zero-order valence-electron chi connectivity index (χ0n) is 31.7. The second kappa shape index (κ2) is 20.8. The van der Waals surface area contributed by atoms with Crippen LogP contribution < -0.4 is 26.6 Å². The first-order chi connectivity index (χ1) is 24.9. The predicted molar refractivity (Wildman–Crippen MR) is 199 cm³/mol. The van der Waals surface area contributed by atoms with Crippen molar-refractivity contribution in [1.82, 2.24) is 31.5 Å². The van der Waals surface area contributed by atoms with E-state index in [0.717, 1.165) is 64.2 Å². The first-order valence-corrected chi connectivity index (χ1v) is 19.3. The molecular formula is C39H62N6O7. The number of hydrogen-bond acceptors (Lipinski definition) is 7. The highest BCUT2D eigenvalue weighted by molar-refractivity contribution is 6.38. The Balaban J connectivity index is 1.89. The Labute approximate surface area is 309 Å². The molecule has 13 heteroatoms. The molecule has 0 aromatic carbocycles. The van der Waals surface area contributed by atoms with Gasteiger partial charge in [0.2, 0.25) is 17.6 Å². The number of ketones is 1. The minimum atomic E-state index is -1.17. The molecule has 2 saturated carbocycles. The Hall–Kier alpha value is -4.08. The summed E-state index contributed by atoms with van der Waals surface area (Å²) in [5.74, 6) is -0.183. The van der Waals surface area contributed by atoms with E-state index < -0.39 is 59.3 Å². The van der Waals surface area contributed by atoms with E-state index in [1.54, 1.807) is 11.8 Å². The molecule has 290 valence electrons. The molecule has 1 aliphatic heterocycles. The lowest BCUT2D eigenvalue weighted by atomic mass is 9.70. The van der Waals surface area contributed by atoms with Crippen molar-refractivity contribution in [3.63, 3.8) is 0 Å². The third-order valence-corrected chi connectivity index (χ3v) is 11.2. The van der Waals surface area contributed by atoms with Crippen LogP contribution in [-0.2, 0) is 23.9 Å². The van der Waals surface area contributed by atoms with Gasteiger partial charge in [0.1, 0.15) is 18.7 Å². The van der Waals surface area contributed by atoms with E-state index in [9.17, 15) is 28.8 Å². The summed E-state index contributed by atoms with van der Waals surface area (Å²) in [6, 6.07) is -3.99.